The molecule has 0 saturated heterocycles. The van der Waals surface area contributed by atoms with Gasteiger partial charge in [-0.2, -0.15) is 0 Å². The Hall–Kier alpha value is -3.10. The van der Waals surface area contributed by atoms with Gasteiger partial charge in [0.05, 0.1) is 12.2 Å². The molecule has 0 fully saturated rings. The number of hydrogen-bond donors (Lipinski definition) is 0. The molecule has 3 aromatic rings. The van der Waals surface area contributed by atoms with Gasteiger partial charge in [-0.1, -0.05) is 27.9 Å². The number of alkyl halides is 3. The quantitative estimate of drug-likeness (QED) is 0.327. The van der Waals surface area contributed by atoms with Crippen molar-refractivity contribution in [1.29, 1.82) is 0 Å². The lowest BCUT2D eigenvalue weighted by Crippen LogP contribution is -2.65. The maximum absolute atomic E-state index is 14.2. The molecule has 0 unspecified atom stereocenters. The lowest BCUT2D eigenvalue weighted by atomic mass is 9.52. The van der Waals surface area contributed by atoms with E-state index in [9.17, 15) is 18.0 Å². The summed E-state index contributed by atoms with van der Waals surface area (Å²) in [4.78, 5) is 24.8. The average molecular weight is 510 g/mol. The molecule has 38 heavy (non-hydrogen) atoms. The van der Waals surface area contributed by atoms with E-state index in [-0.39, 0.29) is 18.3 Å². The molecule has 0 spiro atoms. The van der Waals surface area contributed by atoms with Crippen LogP contribution in [-0.4, -0.2) is 102 Å². The van der Waals surface area contributed by atoms with Gasteiger partial charge in [0, 0.05) is 23.1 Å². The van der Waals surface area contributed by atoms with Crippen molar-refractivity contribution >= 4 is 90.5 Å². The van der Waals surface area contributed by atoms with Gasteiger partial charge < -0.3 is 14.4 Å². The minimum atomic E-state index is -4.80. The molecule has 17 heteroatoms. The number of amides is 1. The number of halogens is 3. The number of ether oxygens (including phenoxy) is 2. The van der Waals surface area contributed by atoms with E-state index in [0.29, 0.717) is 44.6 Å². The maximum Gasteiger partial charge on any atom is 0.573 e. The predicted octanol–water partition coefficient (Wildman–Crippen LogP) is -7.09. The first kappa shape index (κ1) is 27.9. The van der Waals surface area contributed by atoms with Crippen LogP contribution in [0.2, 0.25) is 0 Å². The molecular weight excluding hydrogens is 486 g/mol. The standard InChI is InChI=1S/C21H24B8F3N3O3/c22-12-11(13(23)15(25)16(14(12)24)38-21(30,31)32)8-2-3-10-9(6-8)17(36)35(19(26,27)7-37-10)20(28,29)18-33-4-1-5-34-18/h1-6H,7,22-29H2. The normalized spacial score (nSPS) is 15.3. The van der Waals surface area contributed by atoms with Crippen LogP contribution in [0.3, 0.4) is 0 Å². The van der Waals surface area contributed by atoms with Crippen molar-refractivity contribution in [3.8, 4) is 22.6 Å². The Balaban J connectivity index is 1.87. The number of nitrogens with zero attached hydrogens (tertiary/aromatic N) is 3. The highest BCUT2D eigenvalue weighted by Crippen LogP contribution is 2.35. The SMILES string of the molecule is Bc1c(B)c(-c2ccc3c(c2)C(=O)N(C(B)(B)c2ncccn2)C(B)(B)CO3)c(B)c(B)c1OC(F)(F)F. The molecule has 0 bridgehead atoms. The largest absolute Gasteiger partial charge is 0.573 e. The molecule has 1 aliphatic rings. The molecule has 2 heterocycles. The number of carbonyl (C=O) groups excluding carboxylic acids is 1. The van der Waals surface area contributed by atoms with E-state index >= 15 is 0 Å². The van der Waals surface area contributed by atoms with Crippen molar-refractivity contribution < 1.29 is 27.4 Å². The van der Waals surface area contributed by atoms with E-state index in [1.54, 1.807) is 66.9 Å². The Morgan fingerprint density at radius 2 is 1.55 bits per heavy atom. The van der Waals surface area contributed by atoms with Gasteiger partial charge in [0.2, 0.25) is 0 Å². The fourth-order valence-electron chi connectivity index (χ4n) is 5.40. The van der Waals surface area contributed by atoms with Crippen LogP contribution in [0.25, 0.3) is 11.1 Å². The predicted molar refractivity (Wildman–Crippen MR) is 164 cm³/mol. The summed E-state index contributed by atoms with van der Waals surface area (Å²) < 4.78 is 49.8. The number of aromatic nitrogens is 2. The van der Waals surface area contributed by atoms with Gasteiger partial charge >= 0.3 is 6.36 Å². The topological polar surface area (TPSA) is 64.6 Å². The first-order valence-corrected chi connectivity index (χ1v) is 12.3. The fourth-order valence-corrected chi connectivity index (χ4v) is 5.40. The summed E-state index contributed by atoms with van der Waals surface area (Å²) in [5, 5.41) is -1.56. The number of benzene rings is 2. The van der Waals surface area contributed by atoms with E-state index in [2.05, 4.69) is 14.7 Å². The first-order chi connectivity index (χ1) is 17.6. The number of carbonyl (C=O) groups is 1. The molecule has 0 atom stereocenters. The highest BCUT2D eigenvalue weighted by Gasteiger charge is 2.46. The van der Waals surface area contributed by atoms with Crippen LogP contribution in [-0.2, 0) is 5.34 Å². The van der Waals surface area contributed by atoms with Gasteiger partial charge in [0.1, 0.15) is 80.1 Å². The second-order valence-corrected chi connectivity index (χ2v) is 10.8. The van der Waals surface area contributed by atoms with Crippen LogP contribution >= 0.6 is 0 Å². The van der Waals surface area contributed by atoms with Gasteiger partial charge in [-0.3, -0.25) is 4.79 Å². The lowest BCUT2D eigenvalue weighted by Gasteiger charge is -2.47. The Morgan fingerprint density at radius 1 is 0.974 bits per heavy atom. The third kappa shape index (κ3) is 4.87. The molecule has 1 aliphatic heterocycles. The maximum atomic E-state index is 14.2. The highest BCUT2D eigenvalue weighted by atomic mass is 19.4. The molecule has 0 N–H and O–H groups in total. The number of rotatable bonds is 4. The van der Waals surface area contributed by atoms with E-state index in [1.807, 2.05) is 37.5 Å². The summed E-state index contributed by atoms with van der Waals surface area (Å²) >= 11 is 0. The second-order valence-electron chi connectivity index (χ2n) is 10.8. The molecule has 1 amide bonds. The summed E-state index contributed by atoms with van der Waals surface area (Å²) in [7, 11) is 14.4. The van der Waals surface area contributed by atoms with Gasteiger partial charge in [-0.15, -0.1) is 13.2 Å². The average Bonchev–Trinajstić information content (AvgIpc) is 2.94. The Morgan fingerprint density at radius 3 is 2.11 bits per heavy atom. The number of hydrogen-bond acceptors (Lipinski definition) is 5. The minimum Gasteiger partial charge on any atom is -0.492 e. The summed E-state index contributed by atoms with van der Waals surface area (Å²) in [6.45, 7) is 0.251. The lowest BCUT2D eigenvalue weighted by molar-refractivity contribution is -0.273. The number of fused-ring (bicyclic) bond motifs is 1. The van der Waals surface area contributed by atoms with Gasteiger partial charge in [0.15, 0.2) is 0 Å². The zero-order valence-electron chi connectivity index (χ0n) is 22.9. The van der Waals surface area contributed by atoms with Crippen molar-refractivity contribution in [3.63, 3.8) is 0 Å². The summed E-state index contributed by atoms with van der Waals surface area (Å²) in [6.07, 6.45) is -1.51. The Kier molecular flexibility index (Phi) is 7.04. The second kappa shape index (κ2) is 9.58. The van der Waals surface area contributed by atoms with Crippen molar-refractivity contribution in [3.05, 3.63) is 48.0 Å². The molecule has 0 saturated carbocycles. The van der Waals surface area contributed by atoms with Crippen molar-refractivity contribution in [2.24, 2.45) is 0 Å². The monoisotopic (exact) mass is 511 g/mol. The third-order valence-corrected chi connectivity index (χ3v) is 7.33. The molecule has 2 aromatic carbocycles. The molecule has 0 radical (unpaired) electrons. The Labute approximate surface area is 227 Å². The van der Waals surface area contributed by atoms with Crippen LogP contribution < -0.4 is 31.3 Å². The fraction of sp³-hybridized carbons (Fsp3) is 0.190. The zero-order valence-corrected chi connectivity index (χ0v) is 22.9. The van der Waals surface area contributed by atoms with E-state index in [1.165, 1.54) is 0 Å². The molecule has 4 rings (SSSR count). The van der Waals surface area contributed by atoms with Crippen molar-refractivity contribution in [1.82, 2.24) is 14.9 Å². The van der Waals surface area contributed by atoms with Crippen LogP contribution in [0, 0.1) is 0 Å². The van der Waals surface area contributed by atoms with Crippen molar-refractivity contribution in [2.45, 2.75) is 17.0 Å². The molecule has 6 nitrogen and oxygen atoms in total. The van der Waals surface area contributed by atoms with E-state index in [4.69, 9.17) is 4.74 Å². The molecule has 186 valence electrons. The summed E-state index contributed by atoms with van der Waals surface area (Å²) in [5.74, 6) is 0.504. The third-order valence-electron chi connectivity index (χ3n) is 7.33. The van der Waals surface area contributed by atoms with Crippen LogP contribution in [0.4, 0.5) is 13.2 Å². The Bertz CT molecular complexity index is 1400. The van der Waals surface area contributed by atoms with Crippen LogP contribution in [0.5, 0.6) is 11.5 Å². The smallest absolute Gasteiger partial charge is 0.492 e. The van der Waals surface area contributed by atoms with E-state index < -0.39 is 17.0 Å². The van der Waals surface area contributed by atoms with Crippen molar-refractivity contribution in [2.75, 3.05) is 6.61 Å². The molecular formula is C21H24B8F3N3O3. The van der Waals surface area contributed by atoms with Crippen LogP contribution in [0.15, 0.2) is 36.7 Å². The molecule has 0 aliphatic carbocycles. The van der Waals surface area contributed by atoms with Gasteiger partial charge in [0.25, 0.3) is 5.91 Å². The molecule has 1 aromatic heterocycles. The summed E-state index contributed by atoms with van der Waals surface area (Å²) in [6, 6.07) is 7.06. The summed E-state index contributed by atoms with van der Waals surface area (Å²) in [5.41, 5.74) is 3.89. The van der Waals surface area contributed by atoms with Gasteiger partial charge in [-0.05, 0) is 29.3 Å². The van der Waals surface area contributed by atoms with Gasteiger partial charge in [-0.25, -0.2) is 9.97 Å². The minimum absolute atomic E-state index is 0.192. The first-order valence-electron chi connectivity index (χ1n) is 12.3. The highest BCUT2D eigenvalue weighted by molar-refractivity contribution is 6.61. The zero-order chi connectivity index (χ0) is 28.2. The van der Waals surface area contributed by atoms with Crippen LogP contribution in [0.1, 0.15) is 16.2 Å². The van der Waals surface area contributed by atoms with E-state index in [0.717, 1.165) is 5.56 Å².